The van der Waals surface area contributed by atoms with Crippen molar-refractivity contribution in [2.75, 3.05) is 17.4 Å². The summed E-state index contributed by atoms with van der Waals surface area (Å²) in [4.78, 5) is 2.18. The van der Waals surface area contributed by atoms with E-state index < -0.39 is 0 Å². The molecule has 0 amide bonds. The van der Waals surface area contributed by atoms with Crippen molar-refractivity contribution >= 4 is 52.4 Å². The summed E-state index contributed by atoms with van der Waals surface area (Å²) in [6.45, 7) is 4.41. The zero-order valence-electron chi connectivity index (χ0n) is 14.1. The maximum Gasteiger partial charge on any atom is 0.0935 e. The van der Waals surface area contributed by atoms with Gasteiger partial charge in [-0.05, 0) is 29.8 Å². The third kappa shape index (κ3) is 3.37. The molecule has 1 N–H and O–H groups in total. The Morgan fingerprint density at radius 3 is 2.36 bits per heavy atom. The molecule has 130 valence electrons. The fraction of sp³-hybridized carbons (Fsp3) is 0.211. The highest BCUT2D eigenvalue weighted by Crippen LogP contribution is 2.46. The molecule has 0 unspecified atom stereocenters. The van der Waals surface area contributed by atoms with Crippen LogP contribution in [0.5, 0.6) is 0 Å². The van der Waals surface area contributed by atoms with E-state index in [1.807, 2.05) is 6.08 Å². The van der Waals surface area contributed by atoms with Gasteiger partial charge in [-0.25, -0.2) is 0 Å². The summed E-state index contributed by atoms with van der Waals surface area (Å²) < 4.78 is 0. The lowest BCUT2D eigenvalue weighted by molar-refractivity contribution is 0.641. The minimum atomic E-state index is -0.0904. The molecule has 0 fully saturated rings. The topological polar surface area (TPSA) is 27.6 Å². The molecule has 0 aromatic heterocycles. The molecule has 25 heavy (non-hydrogen) atoms. The number of fused-ring (bicyclic) bond motifs is 1. The Morgan fingerprint density at radius 2 is 1.72 bits per heavy atom. The van der Waals surface area contributed by atoms with Gasteiger partial charge in [0.1, 0.15) is 0 Å². The maximum absolute atomic E-state index is 6.14. The largest absolute Gasteiger partial charge is 0.347 e. The van der Waals surface area contributed by atoms with E-state index in [9.17, 15) is 0 Å². The zero-order chi connectivity index (χ0) is 18.2. The molecular formula is C19H18Cl3N3. The number of hydrogen-bond acceptors (Lipinski definition) is 3. The van der Waals surface area contributed by atoms with Gasteiger partial charge in [-0.15, -0.1) is 0 Å². The minimum absolute atomic E-state index is 0.0904. The van der Waals surface area contributed by atoms with E-state index in [-0.39, 0.29) is 5.41 Å². The molecule has 3 rings (SSSR count). The number of likely N-dealkylation sites (N-methyl/N-ethyl adjacent to an activating group) is 1. The van der Waals surface area contributed by atoms with Gasteiger partial charge < -0.3 is 4.90 Å². The van der Waals surface area contributed by atoms with Gasteiger partial charge in [0.05, 0.1) is 15.7 Å². The normalized spacial score (nSPS) is 17.4. The van der Waals surface area contributed by atoms with Crippen LogP contribution in [0.1, 0.15) is 19.4 Å². The molecule has 0 bridgehead atoms. The van der Waals surface area contributed by atoms with Crippen LogP contribution in [0.3, 0.4) is 0 Å². The van der Waals surface area contributed by atoms with Crippen molar-refractivity contribution in [3.8, 4) is 0 Å². The highest BCUT2D eigenvalue weighted by atomic mass is 35.5. The van der Waals surface area contributed by atoms with Crippen molar-refractivity contribution in [3.05, 3.63) is 68.8 Å². The molecule has 2 aromatic carbocycles. The van der Waals surface area contributed by atoms with Crippen molar-refractivity contribution in [1.82, 2.24) is 0 Å². The summed E-state index contributed by atoms with van der Waals surface area (Å²) in [6.07, 6.45) is 3.70. The van der Waals surface area contributed by atoms with Crippen LogP contribution in [-0.2, 0) is 5.41 Å². The first kappa shape index (κ1) is 18.1. The molecule has 0 saturated heterocycles. The van der Waals surface area contributed by atoms with E-state index >= 15 is 0 Å². The average Bonchev–Trinajstić information content (AvgIpc) is 2.74. The number of para-hydroxylation sites is 1. The lowest BCUT2D eigenvalue weighted by atomic mass is 9.84. The molecule has 3 nitrogen and oxygen atoms in total. The maximum atomic E-state index is 6.14. The predicted octanol–water partition coefficient (Wildman–Crippen LogP) is 6.36. The summed E-state index contributed by atoms with van der Waals surface area (Å²) in [7, 11) is 2.06. The van der Waals surface area contributed by atoms with Gasteiger partial charge >= 0.3 is 0 Å². The quantitative estimate of drug-likeness (QED) is 0.485. The molecule has 0 radical (unpaired) electrons. The van der Waals surface area contributed by atoms with Crippen molar-refractivity contribution < 1.29 is 0 Å². The van der Waals surface area contributed by atoms with E-state index in [0.29, 0.717) is 20.8 Å². The molecule has 2 aromatic rings. The summed E-state index contributed by atoms with van der Waals surface area (Å²) in [6, 6.07) is 11.6. The van der Waals surface area contributed by atoms with Crippen LogP contribution in [0, 0.1) is 0 Å². The van der Waals surface area contributed by atoms with Crippen LogP contribution in [0.15, 0.2) is 53.3 Å². The Hall–Kier alpha value is -1.68. The van der Waals surface area contributed by atoms with Crippen LogP contribution in [-0.4, -0.2) is 13.3 Å². The Morgan fingerprint density at radius 1 is 1.08 bits per heavy atom. The molecule has 0 saturated carbocycles. The van der Waals surface area contributed by atoms with Crippen molar-refractivity contribution in [3.63, 3.8) is 0 Å². The molecule has 1 aliphatic heterocycles. The van der Waals surface area contributed by atoms with Gasteiger partial charge in [0.15, 0.2) is 0 Å². The number of nitrogens with one attached hydrogen (secondary N) is 1. The number of benzene rings is 2. The van der Waals surface area contributed by atoms with Gasteiger partial charge in [0, 0.05) is 35.1 Å². The first-order valence-corrected chi connectivity index (χ1v) is 8.93. The highest BCUT2D eigenvalue weighted by molar-refractivity contribution is 6.41. The number of hydrogen-bond donors (Lipinski definition) is 1. The van der Waals surface area contributed by atoms with Crippen LogP contribution in [0.25, 0.3) is 0 Å². The number of allylic oxidation sites excluding steroid dienone is 2. The second kappa shape index (κ2) is 6.91. The minimum Gasteiger partial charge on any atom is -0.347 e. The van der Waals surface area contributed by atoms with E-state index in [1.165, 1.54) is 11.3 Å². The van der Waals surface area contributed by atoms with Gasteiger partial charge in [0.25, 0.3) is 0 Å². The van der Waals surface area contributed by atoms with Gasteiger partial charge in [-0.2, -0.15) is 5.10 Å². The van der Waals surface area contributed by atoms with Crippen LogP contribution in [0.2, 0.25) is 15.1 Å². The number of rotatable bonds is 3. The second-order valence-electron chi connectivity index (χ2n) is 6.39. The number of nitrogens with zero attached hydrogens (tertiary/aromatic N) is 2. The molecule has 6 heteroatoms. The van der Waals surface area contributed by atoms with Gasteiger partial charge in [-0.1, -0.05) is 66.8 Å². The SMILES string of the molecule is CN1/C(=C\C=N/Nc2c(Cl)cc(Cl)cc2Cl)C(C)(C)c2ccccc21. The highest BCUT2D eigenvalue weighted by Gasteiger charge is 2.37. The van der Waals surface area contributed by atoms with E-state index in [1.54, 1.807) is 18.3 Å². The summed E-state index contributed by atoms with van der Waals surface area (Å²) in [5, 5.41) is 5.56. The van der Waals surface area contributed by atoms with Crippen LogP contribution in [0.4, 0.5) is 11.4 Å². The number of hydrazone groups is 1. The van der Waals surface area contributed by atoms with Crippen molar-refractivity contribution in [1.29, 1.82) is 0 Å². The lowest BCUT2D eigenvalue weighted by Crippen LogP contribution is -2.23. The molecule has 1 heterocycles. The molecule has 0 spiro atoms. The third-order valence-electron chi connectivity index (χ3n) is 4.43. The first-order valence-electron chi connectivity index (χ1n) is 7.80. The van der Waals surface area contributed by atoms with Gasteiger partial charge in [-0.3, -0.25) is 5.43 Å². The van der Waals surface area contributed by atoms with E-state index in [0.717, 1.165) is 5.70 Å². The Bertz CT molecular complexity index is 849. The van der Waals surface area contributed by atoms with E-state index in [4.69, 9.17) is 34.8 Å². The Kier molecular flexibility index (Phi) is 5.01. The molecule has 1 aliphatic rings. The standard InChI is InChI=1S/C19H18Cl3N3/c1-19(2)13-6-4-5-7-16(13)25(3)17(19)8-9-23-24-18-14(21)10-12(20)11-15(18)22/h4-11,24H,1-3H3/b17-8-,23-9-. The zero-order valence-corrected chi connectivity index (χ0v) is 16.4. The molecular weight excluding hydrogens is 377 g/mol. The Labute approximate surface area is 162 Å². The van der Waals surface area contributed by atoms with E-state index in [2.05, 4.69) is 60.6 Å². The second-order valence-corrected chi connectivity index (χ2v) is 7.64. The fourth-order valence-corrected chi connectivity index (χ4v) is 4.06. The predicted molar refractivity (Wildman–Crippen MR) is 110 cm³/mol. The van der Waals surface area contributed by atoms with Crippen LogP contribution >= 0.6 is 34.8 Å². The first-order chi connectivity index (χ1) is 11.8. The van der Waals surface area contributed by atoms with Crippen LogP contribution < -0.4 is 10.3 Å². The lowest BCUT2D eigenvalue weighted by Gasteiger charge is -2.23. The number of anilines is 2. The van der Waals surface area contributed by atoms with Gasteiger partial charge in [0.2, 0.25) is 0 Å². The smallest absolute Gasteiger partial charge is 0.0935 e. The van der Waals surface area contributed by atoms with Crippen molar-refractivity contribution in [2.24, 2.45) is 5.10 Å². The van der Waals surface area contributed by atoms with Crippen molar-refractivity contribution in [2.45, 2.75) is 19.3 Å². The summed E-state index contributed by atoms with van der Waals surface area (Å²) in [5.74, 6) is 0. The number of halogens is 3. The average molecular weight is 395 g/mol. The fourth-order valence-electron chi connectivity index (χ4n) is 3.16. The summed E-state index contributed by atoms with van der Waals surface area (Å²) in [5.41, 5.74) is 6.99. The Balaban J connectivity index is 1.82. The monoisotopic (exact) mass is 393 g/mol. The third-order valence-corrected chi connectivity index (χ3v) is 5.25. The molecule has 0 aliphatic carbocycles. The summed E-state index contributed by atoms with van der Waals surface area (Å²) >= 11 is 18.2. The molecule has 0 atom stereocenters.